The molecule has 5 rings (SSSR count). The van der Waals surface area contributed by atoms with Crippen molar-refractivity contribution < 1.29 is 19.0 Å². The number of anilines is 1. The van der Waals surface area contributed by atoms with Crippen molar-refractivity contribution >= 4 is 23.4 Å². The van der Waals surface area contributed by atoms with Crippen LogP contribution in [0.15, 0.2) is 36.5 Å². The number of likely N-dealkylation sites (tertiary alicyclic amines) is 1. The van der Waals surface area contributed by atoms with Crippen molar-refractivity contribution in [1.82, 2.24) is 19.9 Å². The van der Waals surface area contributed by atoms with E-state index in [2.05, 4.69) is 10.3 Å². The Kier molecular flexibility index (Phi) is 7.37. The SMILES string of the molecule is CC(C)(C)OC(=O)N1CCC(O)(c2nc(-c3cccc(F)c3)c(-c3ccnc(NC4CCCC4)n3)s2)CC1. The molecule has 0 radical (unpaired) electrons. The molecule has 1 saturated carbocycles. The Morgan fingerprint density at radius 2 is 1.92 bits per heavy atom. The molecule has 1 aliphatic heterocycles. The molecule has 1 aromatic carbocycles. The van der Waals surface area contributed by atoms with Crippen molar-refractivity contribution in [3.63, 3.8) is 0 Å². The number of hydrogen-bond acceptors (Lipinski definition) is 8. The Hall–Kier alpha value is -3.11. The Balaban J connectivity index is 1.45. The van der Waals surface area contributed by atoms with Gasteiger partial charge in [-0.15, -0.1) is 11.3 Å². The molecule has 2 aliphatic rings. The number of rotatable bonds is 5. The molecule has 0 bridgehead atoms. The van der Waals surface area contributed by atoms with Gasteiger partial charge in [-0.05, 0) is 51.8 Å². The second kappa shape index (κ2) is 10.6. The average Bonchev–Trinajstić information content (AvgIpc) is 3.54. The highest BCUT2D eigenvalue weighted by atomic mass is 32.1. The molecule has 0 spiro atoms. The molecule has 1 amide bonds. The van der Waals surface area contributed by atoms with E-state index >= 15 is 0 Å². The summed E-state index contributed by atoms with van der Waals surface area (Å²) < 4.78 is 19.7. The number of nitrogens with zero attached hydrogens (tertiary/aromatic N) is 4. The summed E-state index contributed by atoms with van der Waals surface area (Å²) in [6.07, 6.45) is 6.55. The number of hydrogen-bond donors (Lipinski definition) is 2. The van der Waals surface area contributed by atoms with E-state index < -0.39 is 11.2 Å². The van der Waals surface area contributed by atoms with E-state index in [1.807, 2.05) is 26.8 Å². The first kappa shape index (κ1) is 26.5. The number of halogens is 1. The lowest BCUT2D eigenvalue weighted by Gasteiger charge is -2.37. The van der Waals surface area contributed by atoms with Crippen LogP contribution in [0.3, 0.4) is 0 Å². The van der Waals surface area contributed by atoms with Gasteiger partial charge in [0.1, 0.15) is 22.0 Å². The van der Waals surface area contributed by atoms with Crippen molar-refractivity contribution in [2.75, 3.05) is 18.4 Å². The fraction of sp³-hybridized carbons (Fsp3) is 0.500. The van der Waals surface area contributed by atoms with Gasteiger partial charge >= 0.3 is 6.09 Å². The van der Waals surface area contributed by atoms with Gasteiger partial charge in [0.15, 0.2) is 0 Å². The van der Waals surface area contributed by atoms with Gasteiger partial charge in [0.2, 0.25) is 5.95 Å². The molecule has 8 nitrogen and oxygen atoms in total. The molecule has 3 heterocycles. The van der Waals surface area contributed by atoms with E-state index in [1.54, 1.807) is 23.2 Å². The van der Waals surface area contributed by atoms with Gasteiger partial charge in [-0.1, -0.05) is 25.0 Å². The third kappa shape index (κ3) is 5.96. The molecular formula is C28H34FN5O3S. The smallest absolute Gasteiger partial charge is 0.410 e. The molecule has 2 aromatic heterocycles. The highest BCUT2D eigenvalue weighted by molar-refractivity contribution is 7.15. The molecule has 1 aliphatic carbocycles. The number of benzene rings is 1. The van der Waals surface area contributed by atoms with Gasteiger partial charge in [-0.2, -0.15) is 0 Å². The Morgan fingerprint density at radius 1 is 1.18 bits per heavy atom. The molecule has 1 saturated heterocycles. The molecule has 38 heavy (non-hydrogen) atoms. The first-order chi connectivity index (χ1) is 18.1. The van der Waals surface area contributed by atoms with Crippen LogP contribution >= 0.6 is 11.3 Å². The summed E-state index contributed by atoms with van der Waals surface area (Å²) in [6, 6.07) is 8.46. The van der Waals surface area contributed by atoms with E-state index in [4.69, 9.17) is 14.7 Å². The zero-order valence-corrected chi connectivity index (χ0v) is 22.9. The number of ether oxygens (including phenoxy) is 1. The van der Waals surface area contributed by atoms with Crippen LogP contribution in [-0.4, -0.2) is 55.8 Å². The average molecular weight is 540 g/mol. The van der Waals surface area contributed by atoms with Crippen LogP contribution in [0.25, 0.3) is 21.8 Å². The minimum Gasteiger partial charge on any atom is -0.444 e. The molecule has 0 atom stereocenters. The molecule has 0 unspecified atom stereocenters. The van der Waals surface area contributed by atoms with Crippen LogP contribution < -0.4 is 5.32 Å². The normalized spacial score (nSPS) is 18.0. The second-order valence-corrected chi connectivity index (χ2v) is 12.1. The van der Waals surface area contributed by atoms with Gasteiger partial charge in [0.05, 0.1) is 16.3 Å². The lowest BCUT2D eigenvalue weighted by atomic mass is 9.92. The number of aromatic nitrogens is 3. The fourth-order valence-corrected chi connectivity index (χ4v) is 6.13. The summed E-state index contributed by atoms with van der Waals surface area (Å²) in [5.41, 5.74) is 0.0388. The molecule has 2 fully saturated rings. The number of piperidine rings is 1. The topological polar surface area (TPSA) is 100 Å². The largest absolute Gasteiger partial charge is 0.444 e. The minimum absolute atomic E-state index is 0.319. The van der Waals surface area contributed by atoms with Gasteiger partial charge in [0, 0.05) is 43.7 Å². The predicted molar refractivity (Wildman–Crippen MR) is 145 cm³/mol. The molecular weight excluding hydrogens is 505 g/mol. The fourth-order valence-electron chi connectivity index (χ4n) is 4.93. The quantitative estimate of drug-likeness (QED) is 0.411. The number of amides is 1. The third-order valence-electron chi connectivity index (χ3n) is 6.94. The van der Waals surface area contributed by atoms with Crippen molar-refractivity contribution in [2.24, 2.45) is 0 Å². The maximum Gasteiger partial charge on any atom is 0.410 e. The van der Waals surface area contributed by atoms with Crippen LogP contribution in [0.5, 0.6) is 0 Å². The number of carbonyl (C=O) groups is 1. The number of thiazole rings is 1. The van der Waals surface area contributed by atoms with Crippen LogP contribution in [0, 0.1) is 5.82 Å². The number of aliphatic hydroxyl groups is 1. The second-order valence-electron chi connectivity index (χ2n) is 11.1. The number of carbonyl (C=O) groups excluding carboxylic acids is 1. The van der Waals surface area contributed by atoms with E-state index in [0.29, 0.717) is 59.9 Å². The van der Waals surface area contributed by atoms with Gasteiger partial charge in [-0.3, -0.25) is 0 Å². The maximum atomic E-state index is 14.2. The summed E-state index contributed by atoms with van der Waals surface area (Å²) in [4.78, 5) is 28.9. The zero-order chi connectivity index (χ0) is 26.9. The zero-order valence-electron chi connectivity index (χ0n) is 22.0. The lowest BCUT2D eigenvalue weighted by molar-refractivity contribution is -0.0356. The van der Waals surface area contributed by atoms with Crippen LogP contribution in [0.4, 0.5) is 15.1 Å². The van der Waals surface area contributed by atoms with Crippen LogP contribution in [-0.2, 0) is 10.3 Å². The maximum absolute atomic E-state index is 14.2. The van der Waals surface area contributed by atoms with Crippen molar-refractivity contribution in [3.05, 3.63) is 47.4 Å². The third-order valence-corrected chi connectivity index (χ3v) is 8.21. The first-order valence-electron chi connectivity index (χ1n) is 13.2. The standard InChI is InChI=1S/C28H34FN5O3S/c1-27(2,3)37-26(35)34-15-12-28(36,13-16-34)24-33-22(18-7-6-8-19(29)17-18)23(38-24)21-11-14-30-25(32-21)31-20-9-4-5-10-20/h6-8,11,14,17,20,36H,4-5,9-10,12-13,15-16H2,1-3H3,(H,30,31,32). The van der Waals surface area contributed by atoms with E-state index in [-0.39, 0.29) is 11.9 Å². The Bertz CT molecular complexity index is 1290. The summed E-state index contributed by atoms with van der Waals surface area (Å²) in [7, 11) is 0. The molecule has 202 valence electrons. The van der Waals surface area contributed by atoms with E-state index in [9.17, 15) is 14.3 Å². The summed E-state index contributed by atoms with van der Waals surface area (Å²) >= 11 is 1.35. The summed E-state index contributed by atoms with van der Waals surface area (Å²) in [5.74, 6) is 0.192. The predicted octanol–water partition coefficient (Wildman–Crippen LogP) is 5.98. The lowest BCUT2D eigenvalue weighted by Crippen LogP contribution is -2.46. The number of nitrogens with one attached hydrogen (secondary N) is 1. The van der Waals surface area contributed by atoms with Gasteiger partial charge < -0.3 is 20.1 Å². The van der Waals surface area contributed by atoms with Crippen molar-refractivity contribution in [2.45, 2.75) is 76.5 Å². The van der Waals surface area contributed by atoms with Crippen LogP contribution in [0.2, 0.25) is 0 Å². The molecule has 10 heteroatoms. The molecule has 3 aromatic rings. The highest BCUT2D eigenvalue weighted by Gasteiger charge is 2.40. The molecule has 2 N–H and O–H groups in total. The first-order valence-corrected chi connectivity index (χ1v) is 14.0. The van der Waals surface area contributed by atoms with Crippen LogP contribution in [0.1, 0.15) is 64.3 Å². The monoisotopic (exact) mass is 539 g/mol. The minimum atomic E-state index is -1.22. The Labute approximate surface area is 226 Å². The highest BCUT2D eigenvalue weighted by Crippen LogP contribution is 2.43. The van der Waals surface area contributed by atoms with E-state index in [0.717, 1.165) is 17.7 Å². The van der Waals surface area contributed by atoms with E-state index in [1.165, 1.54) is 36.3 Å². The van der Waals surface area contributed by atoms with Gasteiger partial charge in [0.25, 0.3) is 0 Å². The van der Waals surface area contributed by atoms with Crippen molar-refractivity contribution in [3.8, 4) is 21.8 Å². The van der Waals surface area contributed by atoms with Crippen molar-refractivity contribution in [1.29, 1.82) is 0 Å². The Morgan fingerprint density at radius 3 is 2.61 bits per heavy atom. The summed E-state index contributed by atoms with van der Waals surface area (Å²) in [6.45, 7) is 6.19. The van der Waals surface area contributed by atoms with Gasteiger partial charge in [-0.25, -0.2) is 24.1 Å². The summed E-state index contributed by atoms with van der Waals surface area (Å²) in [5, 5.41) is 15.6.